The van der Waals surface area contributed by atoms with Gasteiger partial charge in [0.25, 0.3) is 0 Å². The number of benzene rings is 1. The Labute approximate surface area is 94.3 Å². The largest absolute Gasteiger partial charge is 0.575 e. The number of hydrogen-bond donors (Lipinski definition) is 1. The second-order valence-corrected chi connectivity index (χ2v) is 4.46. The van der Waals surface area contributed by atoms with Gasteiger partial charge in [0.05, 0.1) is 0 Å². The van der Waals surface area contributed by atoms with Crippen molar-refractivity contribution in [3.8, 4) is 5.75 Å². The highest BCUT2D eigenvalue weighted by molar-refractivity contribution is 7.34. The molecule has 0 spiro atoms. The SMILES string of the molecule is CC(C)(N=[P+]([O-])Oc1ccccc1)C(=O)O. The summed E-state index contributed by atoms with van der Waals surface area (Å²) in [4.78, 5) is 22.2. The van der Waals surface area contributed by atoms with E-state index in [9.17, 15) is 9.69 Å². The van der Waals surface area contributed by atoms with Crippen molar-refractivity contribution in [2.75, 3.05) is 0 Å². The first-order valence-electron chi connectivity index (χ1n) is 4.58. The smallest absolute Gasteiger partial charge is 0.395 e. The van der Waals surface area contributed by atoms with Gasteiger partial charge in [0.15, 0.2) is 11.3 Å². The minimum atomic E-state index is -2.38. The van der Waals surface area contributed by atoms with Gasteiger partial charge in [-0.3, -0.25) is 4.52 Å². The molecule has 6 heteroatoms. The van der Waals surface area contributed by atoms with Crippen molar-refractivity contribution in [1.29, 1.82) is 0 Å². The molecule has 1 atom stereocenters. The molecule has 0 aliphatic heterocycles. The van der Waals surface area contributed by atoms with Gasteiger partial charge in [0.1, 0.15) is 0 Å². The minimum absolute atomic E-state index is 0.397. The van der Waals surface area contributed by atoms with Crippen LogP contribution in [0.3, 0.4) is 0 Å². The van der Waals surface area contributed by atoms with Crippen LogP contribution in [0.1, 0.15) is 13.8 Å². The van der Waals surface area contributed by atoms with Gasteiger partial charge in [-0.1, -0.05) is 22.9 Å². The lowest BCUT2D eigenvalue weighted by atomic mass is 10.1. The minimum Gasteiger partial charge on any atom is -0.575 e. The highest BCUT2D eigenvalue weighted by Crippen LogP contribution is 2.27. The van der Waals surface area contributed by atoms with E-state index in [4.69, 9.17) is 9.63 Å². The van der Waals surface area contributed by atoms with Crippen LogP contribution in [0.5, 0.6) is 5.75 Å². The van der Waals surface area contributed by atoms with Crippen LogP contribution in [0.2, 0.25) is 0 Å². The monoisotopic (exact) mass is 241 g/mol. The van der Waals surface area contributed by atoms with E-state index < -0.39 is 19.7 Å². The summed E-state index contributed by atoms with van der Waals surface area (Å²) >= 11 is 0. The van der Waals surface area contributed by atoms with Crippen LogP contribution in [-0.4, -0.2) is 16.6 Å². The summed E-state index contributed by atoms with van der Waals surface area (Å²) in [6, 6.07) is 8.48. The zero-order chi connectivity index (χ0) is 12.2. The van der Waals surface area contributed by atoms with Crippen molar-refractivity contribution in [1.82, 2.24) is 0 Å². The van der Waals surface area contributed by atoms with Crippen molar-refractivity contribution in [3.05, 3.63) is 30.3 Å². The van der Waals surface area contributed by atoms with Crippen molar-refractivity contribution in [2.45, 2.75) is 19.4 Å². The Bertz CT molecular complexity index is 403. The first-order chi connectivity index (χ1) is 7.42. The van der Waals surface area contributed by atoms with E-state index in [-0.39, 0.29) is 0 Å². The number of carbonyl (C=O) groups is 1. The van der Waals surface area contributed by atoms with Gasteiger partial charge < -0.3 is 10.00 Å². The molecule has 16 heavy (non-hydrogen) atoms. The molecule has 1 N–H and O–H groups in total. The summed E-state index contributed by atoms with van der Waals surface area (Å²) in [7, 11) is -2.38. The summed E-state index contributed by atoms with van der Waals surface area (Å²) in [6.07, 6.45) is 0. The molecule has 0 radical (unpaired) electrons. The van der Waals surface area contributed by atoms with E-state index in [1.807, 2.05) is 0 Å². The molecule has 0 bridgehead atoms. The Kier molecular flexibility index (Phi) is 3.99. The summed E-state index contributed by atoms with van der Waals surface area (Å²) in [6.45, 7) is 2.72. The maximum atomic E-state index is 11.4. The zero-order valence-electron chi connectivity index (χ0n) is 8.95. The molecule has 1 aromatic rings. The third-order valence-corrected chi connectivity index (χ3v) is 2.81. The van der Waals surface area contributed by atoms with Gasteiger partial charge in [0.2, 0.25) is 0 Å². The van der Waals surface area contributed by atoms with Crippen molar-refractivity contribution < 1.29 is 19.3 Å². The van der Waals surface area contributed by atoms with E-state index in [2.05, 4.69) is 4.74 Å². The summed E-state index contributed by atoms with van der Waals surface area (Å²) in [5, 5.41) is 8.78. The van der Waals surface area contributed by atoms with Gasteiger partial charge in [-0.2, -0.15) is 0 Å². The fourth-order valence-electron chi connectivity index (χ4n) is 0.839. The van der Waals surface area contributed by atoms with E-state index >= 15 is 0 Å². The third-order valence-electron chi connectivity index (χ3n) is 1.78. The van der Waals surface area contributed by atoms with E-state index in [1.165, 1.54) is 13.8 Å². The third kappa shape index (κ3) is 3.61. The number of rotatable bonds is 4. The molecule has 86 valence electrons. The fourth-order valence-corrected chi connectivity index (χ4v) is 1.68. The number of para-hydroxylation sites is 1. The molecule has 0 aliphatic carbocycles. The Morgan fingerprint density at radius 3 is 2.50 bits per heavy atom. The quantitative estimate of drug-likeness (QED) is 0.814. The number of aliphatic carboxylic acids is 1. The van der Waals surface area contributed by atoms with E-state index in [1.54, 1.807) is 30.3 Å². The molecule has 1 rings (SSSR count). The van der Waals surface area contributed by atoms with E-state index in [0.717, 1.165) is 0 Å². The highest BCUT2D eigenvalue weighted by Gasteiger charge is 2.31. The van der Waals surface area contributed by atoms with Gasteiger partial charge in [-0.25, -0.2) is 4.79 Å². The second-order valence-electron chi connectivity index (χ2n) is 3.61. The predicted octanol–water partition coefficient (Wildman–Crippen LogP) is 1.78. The number of nitrogens with zero attached hydrogens (tertiary/aromatic N) is 1. The Hall–Kier alpha value is -1.45. The number of carboxylic acid groups (broad SMARTS) is 1. The van der Waals surface area contributed by atoms with Crippen LogP contribution in [0.15, 0.2) is 35.1 Å². The summed E-state index contributed by atoms with van der Waals surface area (Å²) in [5.41, 5.74) is -1.41. The zero-order valence-corrected chi connectivity index (χ0v) is 9.85. The van der Waals surface area contributed by atoms with Crippen LogP contribution in [-0.2, 0) is 4.79 Å². The van der Waals surface area contributed by atoms with Crippen LogP contribution < -0.4 is 9.42 Å². The average Bonchev–Trinajstić information content (AvgIpc) is 2.17. The van der Waals surface area contributed by atoms with Crippen LogP contribution in [0.4, 0.5) is 0 Å². The van der Waals surface area contributed by atoms with E-state index in [0.29, 0.717) is 5.75 Å². The maximum absolute atomic E-state index is 11.4. The molecular weight excluding hydrogens is 229 g/mol. The van der Waals surface area contributed by atoms with Gasteiger partial charge in [-0.15, -0.1) is 0 Å². The molecule has 0 aromatic heterocycles. The molecule has 1 aromatic carbocycles. The van der Waals surface area contributed by atoms with Gasteiger partial charge >= 0.3 is 14.1 Å². The lowest BCUT2D eigenvalue weighted by Crippen LogP contribution is -2.28. The Balaban J connectivity index is 2.76. The average molecular weight is 241 g/mol. The lowest BCUT2D eigenvalue weighted by molar-refractivity contribution is -0.170. The van der Waals surface area contributed by atoms with Crippen LogP contribution >= 0.6 is 8.17 Å². The molecule has 0 saturated carbocycles. The number of carboxylic acids is 1. The standard InChI is InChI=1S/C10H12NO4P/c1-10(2,9(12)13)11-16(14)15-8-6-4-3-5-7-8/h3-7H,1-2H3,(H,12,13). The molecule has 0 heterocycles. The normalized spacial score (nSPS) is 12.3. The summed E-state index contributed by atoms with van der Waals surface area (Å²) in [5.74, 6) is -0.749. The fraction of sp³-hybridized carbons (Fsp3) is 0.300. The van der Waals surface area contributed by atoms with Crippen LogP contribution in [0, 0.1) is 0 Å². The molecule has 5 nitrogen and oxygen atoms in total. The maximum Gasteiger partial charge on any atom is 0.395 e. The van der Waals surface area contributed by atoms with Gasteiger partial charge in [0, 0.05) is 0 Å². The molecule has 0 aliphatic rings. The topological polar surface area (TPSA) is 82.0 Å². The van der Waals surface area contributed by atoms with Crippen molar-refractivity contribution in [2.24, 2.45) is 4.74 Å². The van der Waals surface area contributed by atoms with Crippen molar-refractivity contribution >= 4 is 14.1 Å². The Morgan fingerprint density at radius 2 is 2.00 bits per heavy atom. The van der Waals surface area contributed by atoms with Gasteiger partial charge in [-0.05, 0) is 26.0 Å². The molecule has 0 saturated heterocycles. The van der Waals surface area contributed by atoms with Crippen molar-refractivity contribution in [3.63, 3.8) is 0 Å². The first kappa shape index (κ1) is 12.6. The number of hydrogen-bond acceptors (Lipinski definition) is 4. The first-order valence-corrected chi connectivity index (χ1v) is 5.71. The second kappa shape index (κ2) is 5.05. The molecule has 0 amide bonds. The lowest BCUT2D eigenvalue weighted by Gasteiger charge is -2.09. The molecule has 0 fully saturated rings. The van der Waals surface area contributed by atoms with Crippen LogP contribution in [0.25, 0.3) is 0 Å². The predicted molar refractivity (Wildman–Crippen MR) is 58.1 cm³/mol. The molecule has 1 unspecified atom stereocenters. The highest BCUT2D eigenvalue weighted by atomic mass is 31.1. The Morgan fingerprint density at radius 1 is 1.44 bits per heavy atom. The summed E-state index contributed by atoms with van der Waals surface area (Å²) < 4.78 is 8.57. The molecular formula is C10H12NO4P.